The topological polar surface area (TPSA) is 59.5 Å². The Morgan fingerprint density at radius 3 is 2.54 bits per heavy atom. The third-order valence-corrected chi connectivity index (χ3v) is 5.44. The third-order valence-electron chi connectivity index (χ3n) is 5.44. The number of morpholine rings is 1. The molecule has 6 nitrogen and oxygen atoms in total. The fourth-order valence-electron chi connectivity index (χ4n) is 4.19. The van der Waals surface area contributed by atoms with Gasteiger partial charge in [-0.3, -0.25) is 4.79 Å². The van der Waals surface area contributed by atoms with Crippen LogP contribution in [0.5, 0.6) is 0 Å². The molecule has 0 aliphatic carbocycles. The van der Waals surface area contributed by atoms with Gasteiger partial charge in [-0.15, -0.1) is 0 Å². The molecule has 1 saturated heterocycles. The second-order valence-electron chi connectivity index (χ2n) is 7.98. The summed E-state index contributed by atoms with van der Waals surface area (Å²) in [5.74, 6) is 0.803. The maximum atomic E-state index is 13.2. The first-order valence-corrected chi connectivity index (χ1v) is 9.98. The molecular weight excluding hydrogens is 354 g/mol. The molecular formula is C22H28N3O3+. The van der Waals surface area contributed by atoms with Crippen LogP contribution < -0.4 is 4.90 Å². The number of nitrogens with one attached hydrogen (secondary N) is 1. The van der Waals surface area contributed by atoms with Crippen molar-refractivity contribution in [3.05, 3.63) is 59.5 Å². The van der Waals surface area contributed by atoms with Crippen LogP contribution in [0.25, 0.3) is 0 Å². The highest BCUT2D eigenvalue weighted by molar-refractivity contribution is 6.03. The minimum atomic E-state index is -0.186. The van der Waals surface area contributed by atoms with Gasteiger partial charge in [0.2, 0.25) is 0 Å². The van der Waals surface area contributed by atoms with E-state index >= 15 is 0 Å². The Morgan fingerprint density at radius 1 is 1.18 bits per heavy atom. The van der Waals surface area contributed by atoms with Gasteiger partial charge in [0.15, 0.2) is 6.54 Å². The molecule has 2 aliphatic rings. The van der Waals surface area contributed by atoms with Gasteiger partial charge < -0.3 is 14.1 Å². The lowest BCUT2D eigenvalue weighted by Crippen LogP contribution is -3.16. The first-order valence-electron chi connectivity index (χ1n) is 9.98. The van der Waals surface area contributed by atoms with Gasteiger partial charge in [-0.2, -0.15) is 5.10 Å². The smallest absolute Gasteiger partial charge is 0.298 e. The number of hydrogen-bond acceptors (Lipinski definition) is 4. The van der Waals surface area contributed by atoms with Crippen LogP contribution in [0.1, 0.15) is 43.2 Å². The predicted octanol–water partition coefficient (Wildman–Crippen LogP) is 1.96. The summed E-state index contributed by atoms with van der Waals surface area (Å²) < 4.78 is 11.4. The average Bonchev–Trinajstić information content (AvgIpc) is 3.31. The average molecular weight is 382 g/mol. The largest absolute Gasteiger partial charge is 0.467 e. The maximum absolute atomic E-state index is 13.2. The molecule has 3 heterocycles. The summed E-state index contributed by atoms with van der Waals surface area (Å²) in [5, 5.41) is 6.36. The molecule has 0 spiro atoms. The molecule has 4 rings (SSSR count). The lowest BCUT2D eigenvalue weighted by Gasteiger charge is -2.32. The number of carbonyl (C=O) groups excluding carboxylic acids is 1. The van der Waals surface area contributed by atoms with Gasteiger partial charge in [-0.05, 0) is 38.5 Å². The van der Waals surface area contributed by atoms with Crippen LogP contribution in [0.3, 0.4) is 0 Å². The van der Waals surface area contributed by atoms with Crippen LogP contribution in [0.2, 0.25) is 0 Å². The Kier molecular flexibility index (Phi) is 5.33. The van der Waals surface area contributed by atoms with E-state index in [1.54, 1.807) is 11.3 Å². The van der Waals surface area contributed by atoms with E-state index in [2.05, 4.69) is 45.0 Å². The van der Waals surface area contributed by atoms with E-state index in [9.17, 15) is 4.79 Å². The number of amides is 1. The van der Waals surface area contributed by atoms with Crippen LogP contribution in [-0.2, 0) is 9.53 Å². The second kappa shape index (κ2) is 7.89. The molecule has 2 aromatic rings. The van der Waals surface area contributed by atoms with Gasteiger partial charge in [0.1, 0.15) is 37.1 Å². The Bertz CT molecular complexity index is 834. The Labute approximate surface area is 165 Å². The lowest BCUT2D eigenvalue weighted by molar-refractivity contribution is -0.907. The monoisotopic (exact) mass is 382 g/mol. The number of hydrazone groups is 1. The van der Waals surface area contributed by atoms with E-state index in [1.165, 1.54) is 10.5 Å². The third kappa shape index (κ3) is 4.03. The number of benzene rings is 1. The van der Waals surface area contributed by atoms with Crippen molar-refractivity contribution in [2.24, 2.45) is 5.10 Å². The van der Waals surface area contributed by atoms with E-state index < -0.39 is 0 Å². The summed E-state index contributed by atoms with van der Waals surface area (Å²) in [4.78, 5) is 14.4. The van der Waals surface area contributed by atoms with E-state index in [4.69, 9.17) is 14.3 Å². The molecule has 0 bridgehead atoms. The van der Waals surface area contributed by atoms with Gasteiger partial charge in [-0.1, -0.05) is 29.8 Å². The summed E-state index contributed by atoms with van der Waals surface area (Å²) in [5.41, 5.74) is 3.18. The molecule has 148 valence electrons. The number of aryl methyl sites for hydroxylation is 1. The molecule has 1 aromatic heterocycles. The zero-order valence-electron chi connectivity index (χ0n) is 16.7. The fraction of sp³-hybridized carbons (Fsp3) is 0.455. The van der Waals surface area contributed by atoms with E-state index in [-0.39, 0.29) is 24.2 Å². The molecule has 28 heavy (non-hydrogen) atoms. The first kappa shape index (κ1) is 18.9. The first-order chi connectivity index (χ1) is 13.5. The summed E-state index contributed by atoms with van der Waals surface area (Å²) in [6, 6.07) is 11.9. The number of ether oxygens (including phenoxy) is 1. The molecule has 0 saturated carbocycles. The summed E-state index contributed by atoms with van der Waals surface area (Å²) in [6.07, 6.45) is 2.64. The van der Waals surface area contributed by atoms with Gasteiger partial charge in [0.05, 0.1) is 12.0 Å². The van der Waals surface area contributed by atoms with Gasteiger partial charge in [-0.25, -0.2) is 5.01 Å². The Morgan fingerprint density at radius 2 is 1.89 bits per heavy atom. The quantitative estimate of drug-likeness (QED) is 0.879. The molecule has 0 radical (unpaired) electrons. The summed E-state index contributed by atoms with van der Waals surface area (Å²) in [6.45, 7) is 8.28. The maximum Gasteiger partial charge on any atom is 0.298 e. The minimum absolute atomic E-state index is 0.0276. The highest BCUT2D eigenvalue weighted by atomic mass is 16.5. The zero-order valence-corrected chi connectivity index (χ0v) is 16.7. The lowest BCUT2D eigenvalue weighted by atomic mass is 10.0. The molecule has 1 amide bonds. The fourth-order valence-corrected chi connectivity index (χ4v) is 4.19. The van der Waals surface area contributed by atoms with Crippen molar-refractivity contribution in [2.75, 3.05) is 19.6 Å². The number of carbonyl (C=O) groups is 1. The van der Waals surface area contributed by atoms with Crippen molar-refractivity contribution < 1.29 is 18.8 Å². The minimum Gasteiger partial charge on any atom is -0.467 e. The van der Waals surface area contributed by atoms with Crippen molar-refractivity contribution in [3.8, 4) is 0 Å². The van der Waals surface area contributed by atoms with Crippen molar-refractivity contribution >= 4 is 11.6 Å². The van der Waals surface area contributed by atoms with Crippen molar-refractivity contribution in [1.82, 2.24) is 5.01 Å². The highest BCUT2D eigenvalue weighted by Gasteiger charge is 2.37. The Balaban J connectivity index is 1.55. The number of quaternary nitrogens is 1. The van der Waals surface area contributed by atoms with Crippen molar-refractivity contribution in [2.45, 2.75) is 45.4 Å². The van der Waals surface area contributed by atoms with Crippen molar-refractivity contribution in [1.29, 1.82) is 0 Å². The highest BCUT2D eigenvalue weighted by Crippen LogP contribution is 2.32. The van der Waals surface area contributed by atoms with Crippen LogP contribution >= 0.6 is 0 Å². The van der Waals surface area contributed by atoms with Crippen LogP contribution in [0.15, 0.2) is 52.2 Å². The summed E-state index contributed by atoms with van der Waals surface area (Å²) >= 11 is 0. The molecule has 1 N–H and O–H groups in total. The van der Waals surface area contributed by atoms with Crippen LogP contribution in [-0.4, -0.2) is 48.5 Å². The number of furan rings is 1. The SMILES string of the molecule is Cc1ccc(C2=NN(C(=O)C[NH+]3C[C@@H](C)O[C@@H](C)C3)[C@H](c3ccco3)C2)cc1. The van der Waals surface area contributed by atoms with Crippen LogP contribution in [0.4, 0.5) is 0 Å². The molecule has 6 heteroatoms. The number of hydrogen-bond donors (Lipinski definition) is 1. The van der Waals surface area contributed by atoms with E-state index in [1.807, 2.05) is 12.1 Å². The standard InChI is InChI=1S/C22H27N3O3/c1-15-6-8-18(9-7-15)19-11-20(21-5-4-10-27-21)25(23-19)22(26)14-24-12-16(2)28-17(3)13-24/h4-10,16-17,20H,11-14H2,1-3H3/p+1/t16-,17+,20-/m0/s1. The predicted molar refractivity (Wildman–Crippen MR) is 106 cm³/mol. The second-order valence-corrected chi connectivity index (χ2v) is 7.98. The normalized spacial score (nSPS) is 27.7. The number of rotatable bonds is 4. The van der Waals surface area contributed by atoms with Gasteiger partial charge in [0.25, 0.3) is 5.91 Å². The van der Waals surface area contributed by atoms with E-state index in [0.717, 1.165) is 30.1 Å². The molecule has 1 aromatic carbocycles. The van der Waals surface area contributed by atoms with Gasteiger partial charge >= 0.3 is 0 Å². The molecule has 2 aliphatic heterocycles. The van der Waals surface area contributed by atoms with E-state index in [0.29, 0.717) is 13.0 Å². The van der Waals surface area contributed by atoms with Crippen LogP contribution in [0, 0.1) is 6.92 Å². The number of nitrogens with zero attached hydrogens (tertiary/aromatic N) is 2. The molecule has 4 atom stereocenters. The zero-order chi connectivity index (χ0) is 19.7. The summed E-state index contributed by atoms with van der Waals surface area (Å²) in [7, 11) is 0. The van der Waals surface area contributed by atoms with Crippen molar-refractivity contribution in [3.63, 3.8) is 0 Å². The molecule has 1 unspecified atom stereocenters. The Hall–Kier alpha value is -2.44. The van der Waals surface area contributed by atoms with Gasteiger partial charge in [0, 0.05) is 6.42 Å². The molecule has 1 fully saturated rings.